The number of hydrogen-bond donors (Lipinski definition) is 2. The first kappa shape index (κ1) is 28.1. The summed E-state index contributed by atoms with van der Waals surface area (Å²) < 4.78 is 56.1. The van der Waals surface area contributed by atoms with Gasteiger partial charge in [-0.2, -0.15) is 0 Å². The van der Waals surface area contributed by atoms with Crippen molar-refractivity contribution in [1.29, 1.82) is 0 Å². The molecule has 0 aliphatic heterocycles. The molecule has 41 heavy (non-hydrogen) atoms. The van der Waals surface area contributed by atoms with Crippen molar-refractivity contribution in [1.82, 2.24) is 15.0 Å². The minimum absolute atomic E-state index is 0.0387. The number of sulfonamides is 1. The Hall–Kier alpha value is -4.41. The minimum atomic E-state index is -4.19. The van der Waals surface area contributed by atoms with Crippen molar-refractivity contribution in [2.75, 3.05) is 0 Å². The second-order valence-electron chi connectivity index (χ2n) is 9.37. The Balaban J connectivity index is 1.49. The van der Waals surface area contributed by atoms with E-state index in [1.54, 1.807) is 48.7 Å². The largest absolute Gasteiger partial charge is 0.329 e. The lowest BCUT2D eigenvalue weighted by molar-refractivity contribution is 0.242. The zero-order valence-electron chi connectivity index (χ0n) is 21.8. The number of nitrogens with one attached hydrogen (secondary N) is 2. The van der Waals surface area contributed by atoms with Gasteiger partial charge >= 0.3 is 6.03 Å². The van der Waals surface area contributed by atoms with Gasteiger partial charge in [0.25, 0.3) is 10.0 Å². The summed E-state index contributed by atoms with van der Waals surface area (Å²) in [6.07, 6.45) is 1.49. The molecule has 0 fully saturated rings. The molecule has 3 aromatic carbocycles. The third kappa shape index (κ3) is 6.67. The normalized spacial score (nSPS) is 12.1. The molecule has 0 unspecified atom stereocenters. The maximum absolute atomic E-state index is 14.1. The highest BCUT2D eigenvalue weighted by Gasteiger charge is 2.25. The van der Waals surface area contributed by atoms with Crippen LogP contribution in [0.4, 0.5) is 13.6 Å². The number of carbonyl (C=O) groups is 1. The van der Waals surface area contributed by atoms with Crippen molar-refractivity contribution in [2.24, 2.45) is 0 Å². The monoisotopic (exact) mass is 589 g/mol. The molecule has 0 radical (unpaired) electrons. The molecule has 10 heteroatoms. The van der Waals surface area contributed by atoms with Crippen LogP contribution in [0.2, 0.25) is 0 Å². The van der Waals surface area contributed by atoms with E-state index in [1.807, 2.05) is 47.8 Å². The predicted molar refractivity (Wildman–Crippen MR) is 156 cm³/mol. The SMILES string of the molecule is Cc1ccccc1S(=O)(=O)NC(=O)N[C@@H](Cc1cc(F)cc(F)c1)c1ncccc1-c1ccc(-c2cccs2)cc1. The van der Waals surface area contributed by atoms with Gasteiger partial charge in [0.2, 0.25) is 0 Å². The Morgan fingerprint density at radius 2 is 1.61 bits per heavy atom. The van der Waals surface area contributed by atoms with Gasteiger partial charge in [-0.1, -0.05) is 54.6 Å². The smallest absolute Gasteiger partial charge is 0.329 e. The molecule has 0 aliphatic rings. The number of aromatic nitrogens is 1. The van der Waals surface area contributed by atoms with Crippen molar-refractivity contribution >= 4 is 27.4 Å². The standard InChI is InChI=1S/C31H25F2N3O3S2/c1-20-6-2-3-9-29(20)41(38,39)36-31(37)35-27(18-21-16-24(32)19-25(33)17-21)30-26(7-4-14-34-30)22-10-12-23(13-11-22)28-8-5-15-40-28/h2-17,19,27H,18H2,1H3,(H2,35,36,37)/t27-/m0/s1. The van der Waals surface area contributed by atoms with Crippen molar-refractivity contribution in [3.05, 3.63) is 131 Å². The number of rotatable bonds is 8. The number of amides is 2. The topological polar surface area (TPSA) is 88.2 Å². The van der Waals surface area contributed by atoms with Crippen LogP contribution >= 0.6 is 11.3 Å². The molecule has 5 rings (SSSR count). The molecule has 0 bridgehead atoms. The molecule has 0 aliphatic carbocycles. The molecule has 0 saturated heterocycles. The van der Waals surface area contributed by atoms with Gasteiger partial charge in [0, 0.05) is 22.7 Å². The summed E-state index contributed by atoms with van der Waals surface area (Å²) in [5, 5.41) is 4.67. The van der Waals surface area contributed by atoms with Crippen LogP contribution in [0.3, 0.4) is 0 Å². The number of urea groups is 1. The van der Waals surface area contributed by atoms with Crippen LogP contribution in [0.15, 0.2) is 107 Å². The summed E-state index contributed by atoms with van der Waals surface area (Å²) in [6.45, 7) is 1.62. The van der Waals surface area contributed by atoms with Crippen LogP contribution in [-0.2, 0) is 16.4 Å². The maximum atomic E-state index is 14.1. The Kier molecular flexibility index (Phi) is 8.23. The van der Waals surface area contributed by atoms with Gasteiger partial charge in [0.05, 0.1) is 16.6 Å². The molecule has 208 valence electrons. The number of halogens is 2. The van der Waals surface area contributed by atoms with E-state index in [1.165, 1.54) is 6.07 Å². The summed E-state index contributed by atoms with van der Waals surface area (Å²) in [5.74, 6) is -1.54. The number of benzene rings is 3. The fourth-order valence-electron chi connectivity index (χ4n) is 4.60. The lowest BCUT2D eigenvalue weighted by Gasteiger charge is -2.22. The fraction of sp³-hybridized carbons (Fsp3) is 0.0968. The predicted octanol–water partition coefficient (Wildman–Crippen LogP) is 7.04. The average molecular weight is 590 g/mol. The highest BCUT2D eigenvalue weighted by atomic mass is 32.2. The van der Waals surface area contributed by atoms with Crippen molar-refractivity contribution in [3.8, 4) is 21.6 Å². The molecular weight excluding hydrogens is 564 g/mol. The minimum Gasteiger partial charge on any atom is -0.329 e. The maximum Gasteiger partial charge on any atom is 0.329 e. The van der Waals surface area contributed by atoms with E-state index in [4.69, 9.17) is 0 Å². The van der Waals surface area contributed by atoms with E-state index in [9.17, 15) is 22.0 Å². The first-order valence-electron chi connectivity index (χ1n) is 12.6. The van der Waals surface area contributed by atoms with E-state index in [0.29, 0.717) is 16.8 Å². The van der Waals surface area contributed by atoms with Crippen LogP contribution in [0.5, 0.6) is 0 Å². The summed E-state index contributed by atoms with van der Waals surface area (Å²) >= 11 is 1.62. The first-order valence-corrected chi connectivity index (χ1v) is 15.0. The van der Waals surface area contributed by atoms with Crippen LogP contribution in [-0.4, -0.2) is 19.4 Å². The van der Waals surface area contributed by atoms with Crippen molar-refractivity contribution in [3.63, 3.8) is 0 Å². The molecule has 6 nitrogen and oxygen atoms in total. The van der Waals surface area contributed by atoms with E-state index in [0.717, 1.165) is 34.2 Å². The number of pyridine rings is 1. The van der Waals surface area contributed by atoms with Crippen LogP contribution < -0.4 is 10.0 Å². The van der Waals surface area contributed by atoms with E-state index in [-0.39, 0.29) is 16.9 Å². The van der Waals surface area contributed by atoms with E-state index in [2.05, 4.69) is 15.0 Å². The summed E-state index contributed by atoms with van der Waals surface area (Å²) in [4.78, 5) is 18.7. The zero-order chi connectivity index (χ0) is 29.0. The Labute approximate surface area is 240 Å². The van der Waals surface area contributed by atoms with Gasteiger partial charge in [-0.05, 0) is 71.3 Å². The highest BCUT2D eigenvalue weighted by Crippen LogP contribution is 2.32. The third-order valence-electron chi connectivity index (χ3n) is 6.45. The molecule has 0 saturated carbocycles. The van der Waals surface area contributed by atoms with Crippen LogP contribution in [0, 0.1) is 18.6 Å². The number of aryl methyl sites for hydroxylation is 1. The molecule has 2 heterocycles. The molecule has 2 N–H and O–H groups in total. The average Bonchev–Trinajstić information content (AvgIpc) is 3.47. The number of carbonyl (C=O) groups excluding carboxylic acids is 1. The fourth-order valence-corrected chi connectivity index (χ4v) is 6.50. The molecule has 2 amide bonds. The van der Waals surface area contributed by atoms with Crippen LogP contribution in [0.25, 0.3) is 21.6 Å². The Morgan fingerprint density at radius 1 is 0.902 bits per heavy atom. The molecule has 2 aromatic heterocycles. The second kappa shape index (κ2) is 12.0. The van der Waals surface area contributed by atoms with Crippen molar-refractivity contribution < 1.29 is 22.0 Å². The van der Waals surface area contributed by atoms with Gasteiger partial charge < -0.3 is 5.32 Å². The number of thiophene rings is 1. The van der Waals surface area contributed by atoms with Crippen molar-refractivity contribution in [2.45, 2.75) is 24.3 Å². The number of nitrogens with zero attached hydrogens (tertiary/aromatic N) is 1. The Bertz CT molecular complexity index is 1770. The third-order valence-corrected chi connectivity index (χ3v) is 8.86. The quantitative estimate of drug-likeness (QED) is 0.203. The van der Waals surface area contributed by atoms with Gasteiger partial charge in [0.15, 0.2) is 0 Å². The first-order chi connectivity index (χ1) is 19.7. The zero-order valence-corrected chi connectivity index (χ0v) is 23.5. The van der Waals surface area contributed by atoms with Gasteiger partial charge in [-0.15, -0.1) is 11.3 Å². The van der Waals surface area contributed by atoms with Gasteiger partial charge in [-0.3, -0.25) is 4.98 Å². The lowest BCUT2D eigenvalue weighted by Crippen LogP contribution is -2.42. The lowest BCUT2D eigenvalue weighted by atomic mass is 9.95. The van der Waals surface area contributed by atoms with E-state index < -0.39 is 33.7 Å². The molecule has 5 aromatic rings. The second-order valence-corrected chi connectivity index (χ2v) is 12.0. The highest BCUT2D eigenvalue weighted by molar-refractivity contribution is 7.90. The van der Waals surface area contributed by atoms with Crippen LogP contribution in [0.1, 0.15) is 22.9 Å². The Morgan fingerprint density at radius 3 is 2.29 bits per heavy atom. The molecule has 1 atom stereocenters. The number of hydrogen-bond acceptors (Lipinski definition) is 5. The van der Waals surface area contributed by atoms with Gasteiger partial charge in [0.1, 0.15) is 11.6 Å². The van der Waals surface area contributed by atoms with Gasteiger partial charge in [-0.25, -0.2) is 26.7 Å². The summed E-state index contributed by atoms with van der Waals surface area (Å²) in [7, 11) is -4.19. The summed E-state index contributed by atoms with van der Waals surface area (Å²) in [5.41, 5.74) is 3.66. The van der Waals surface area contributed by atoms with E-state index >= 15 is 0 Å². The molecule has 0 spiro atoms. The summed E-state index contributed by atoms with van der Waals surface area (Å²) in [6, 6.07) is 22.8. The molecular formula is C31H25F2N3O3S2.